The number of hydrogen-bond donors (Lipinski definition) is 3. The van der Waals surface area contributed by atoms with Crippen LogP contribution in [0.15, 0.2) is 12.7 Å². The third-order valence-corrected chi connectivity index (χ3v) is 6.75. The summed E-state index contributed by atoms with van der Waals surface area (Å²) < 4.78 is 2.06. The summed E-state index contributed by atoms with van der Waals surface area (Å²) in [5.41, 5.74) is 1.22. The minimum atomic E-state index is -0.384. The molecular formula is C19H30N6O3. The summed E-state index contributed by atoms with van der Waals surface area (Å²) in [5.74, 6) is 0.853. The van der Waals surface area contributed by atoms with Crippen LogP contribution in [0.1, 0.15) is 32.2 Å². The second-order valence-electron chi connectivity index (χ2n) is 8.39. The minimum absolute atomic E-state index is 0.000895. The third kappa shape index (κ3) is 3.06. The van der Waals surface area contributed by atoms with Crippen molar-refractivity contribution >= 4 is 17.0 Å². The van der Waals surface area contributed by atoms with E-state index >= 15 is 0 Å². The van der Waals surface area contributed by atoms with Crippen molar-refractivity contribution in [3.63, 3.8) is 0 Å². The van der Waals surface area contributed by atoms with E-state index in [2.05, 4.69) is 43.3 Å². The van der Waals surface area contributed by atoms with Gasteiger partial charge in [0.1, 0.15) is 6.33 Å². The highest BCUT2D eigenvalue weighted by Gasteiger charge is 2.45. The van der Waals surface area contributed by atoms with Gasteiger partial charge in [0.05, 0.1) is 26.1 Å². The Balaban J connectivity index is 1.58. The van der Waals surface area contributed by atoms with Gasteiger partial charge in [-0.3, -0.25) is 4.90 Å². The Hall–Kier alpha value is -1.81. The monoisotopic (exact) mass is 390 g/mol. The molecule has 28 heavy (non-hydrogen) atoms. The SMILES string of the molecule is C[C@@H]1[C@H](N(C)CCO)CCN1c1ncnc2c1ncn2C1CC(CO)(CO)C1. The van der Waals surface area contributed by atoms with Crippen molar-refractivity contribution in [3.8, 4) is 0 Å². The van der Waals surface area contributed by atoms with E-state index in [-0.39, 0.29) is 37.3 Å². The van der Waals surface area contributed by atoms with Crippen LogP contribution >= 0.6 is 0 Å². The Kier molecular flexibility index (Phi) is 5.26. The maximum absolute atomic E-state index is 9.55. The zero-order chi connectivity index (χ0) is 19.9. The Morgan fingerprint density at radius 3 is 2.61 bits per heavy atom. The van der Waals surface area contributed by atoms with Crippen LogP contribution in [0.2, 0.25) is 0 Å². The second kappa shape index (κ2) is 7.55. The molecule has 1 saturated heterocycles. The van der Waals surface area contributed by atoms with Gasteiger partial charge < -0.3 is 24.8 Å². The van der Waals surface area contributed by atoms with Gasteiger partial charge in [0.2, 0.25) is 0 Å². The van der Waals surface area contributed by atoms with Gasteiger partial charge in [0.15, 0.2) is 17.0 Å². The average molecular weight is 390 g/mol. The Morgan fingerprint density at radius 1 is 1.18 bits per heavy atom. The van der Waals surface area contributed by atoms with Crippen molar-refractivity contribution < 1.29 is 15.3 Å². The number of imidazole rings is 1. The molecule has 9 heteroatoms. The lowest BCUT2D eigenvalue weighted by atomic mass is 9.66. The van der Waals surface area contributed by atoms with Crippen LogP contribution in [0.3, 0.4) is 0 Å². The Bertz CT molecular complexity index is 815. The Morgan fingerprint density at radius 2 is 1.93 bits per heavy atom. The fourth-order valence-corrected chi connectivity index (χ4v) is 4.90. The van der Waals surface area contributed by atoms with Crippen molar-refractivity contribution in [2.24, 2.45) is 5.41 Å². The summed E-state index contributed by atoms with van der Waals surface area (Å²) in [5, 5.41) is 28.3. The highest BCUT2D eigenvalue weighted by molar-refractivity contribution is 5.83. The van der Waals surface area contributed by atoms with Gasteiger partial charge in [-0.1, -0.05) is 0 Å². The molecule has 0 amide bonds. The van der Waals surface area contributed by atoms with Gasteiger partial charge in [-0.05, 0) is 33.2 Å². The number of nitrogens with zero attached hydrogens (tertiary/aromatic N) is 6. The summed E-state index contributed by atoms with van der Waals surface area (Å²) in [7, 11) is 2.05. The van der Waals surface area contributed by atoms with Crippen LogP contribution in [0.25, 0.3) is 11.2 Å². The van der Waals surface area contributed by atoms with Gasteiger partial charge in [0.25, 0.3) is 0 Å². The quantitative estimate of drug-likeness (QED) is 0.607. The van der Waals surface area contributed by atoms with Crippen LogP contribution < -0.4 is 4.90 Å². The summed E-state index contributed by atoms with van der Waals surface area (Å²) in [6.07, 6.45) is 5.86. The first kappa shape index (κ1) is 19.5. The molecule has 9 nitrogen and oxygen atoms in total. The Labute approximate surface area is 164 Å². The summed E-state index contributed by atoms with van der Waals surface area (Å²) in [6, 6.07) is 0.812. The van der Waals surface area contributed by atoms with Gasteiger partial charge >= 0.3 is 0 Å². The van der Waals surface area contributed by atoms with E-state index in [4.69, 9.17) is 0 Å². The molecule has 0 unspecified atom stereocenters. The van der Waals surface area contributed by atoms with Crippen LogP contribution in [0.5, 0.6) is 0 Å². The lowest BCUT2D eigenvalue weighted by Gasteiger charge is -2.45. The number of aromatic nitrogens is 4. The molecule has 0 bridgehead atoms. The number of hydrogen-bond acceptors (Lipinski definition) is 8. The van der Waals surface area contributed by atoms with E-state index in [0.717, 1.165) is 42.8 Å². The highest BCUT2D eigenvalue weighted by atomic mass is 16.3. The largest absolute Gasteiger partial charge is 0.396 e. The van der Waals surface area contributed by atoms with Gasteiger partial charge in [0, 0.05) is 36.6 Å². The van der Waals surface area contributed by atoms with Crippen molar-refractivity contribution in [2.45, 2.75) is 44.3 Å². The topological polar surface area (TPSA) is 111 Å². The van der Waals surface area contributed by atoms with Crippen molar-refractivity contribution in [1.82, 2.24) is 24.4 Å². The molecule has 2 aromatic rings. The second-order valence-corrected chi connectivity index (χ2v) is 8.39. The van der Waals surface area contributed by atoms with Crippen molar-refractivity contribution in [2.75, 3.05) is 44.9 Å². The summed E-state index contributed by atoms with van der Waals surface area (Å²) in [6.45, 7) is 3.91. The normalized spacial score (nSPS) is 25.0. The van der Waals surface area contributed by atoms with Crippen molar-refractivity contribution in [1.29, 1.82) is 0 Å². The molecule has 1 saturated carbocycles. The summed E-state index contributed by atoms with van der Waals surface area (Å²) in [4.78, 5) is 18.1. The first-order chi connectivity index (χ1) is 13.5. The molecule has 3 heterocycles. The molecule has 1 aliphatic heterocycles. The van der Waals surface area contributed by atoms with E-state index in [1.54, 1.807) is 6.33 Å². The molecule has 2 aromatic heterocycles. The molecule has 2 fully saturated rings. The van der Waals surface area contributed by atoms with E-state index in [9.17, 15) is 15.3 Å². The number of aliphatic hydroxyl groups excluding tert-OH is 3. The summed E-state index contributed by atoms with van der Waals surface area (Å²) >= 11 is 0. The number of fused-ring (bicyclic) bond motifs is 1. The number of anilines is 1. The molecule has 0 aromatic carbocycles. The average Bonchev–Trinajstić information content (AvgIpc) is 3.26. The zero-order valence-electron chi connectivity index (χ0n) is 16.6. The number of rotatable bonds is 7. The predicted molar refractivity (Wildman–Crippen MR) is 105 cm³/mol. The molecule has 2 aliphatic rings. The lowest BCUT2D eigenvalue weighted by molar-refractivity contribution is -0.0421. The van der Waals surface area contributed by atoms with E-state index in [1.165, 1.54) is 0 Å². The fourth-order valence-electron chi connectivity index (χ4n) is 4.90. The van der Waals surface area contributed by atoms with Crippen LogP contribution in [-0.2, 0) is 0 Å². The number of aliphatic hydroxyl groups is 3. The van der Waals surface area contributed by atoms with E-state index < -0.39 is 0 Å². The molecule has 154 valence electrons. The first-order valence-electron chi connectivity index (χ1n) is 10.0. The zero-order valence-corrected chi connectivity index (χ0v) is 16.6. The molecular weight excluding hydrogens is 360 g/mol. The molecule has 3 N–H and O–H groups in total. The minimum Gasteiger partial charge on any atom is -0.396 e. The predicted octanol–water partition coefficient (Wildman–Crippen LogP) is 0.0235. The van der Waals surface area contributed by atoms with Crippen LogP contribution in [0, 0.1) is 5.41 Å². The van der Waals surface area contributed by atoms with E-state index in [1.807, 2.05) is 6.33 Å². The fraction of sp³-hybridized carbons (Fsp3) is 0.737. The molecule has 1 aliphatic carbocycles. The van der Waals surface area contributed by atoms with Crippen molar-refractivity contribution in [3.05, 3.63) is 12.7 Å². The van der Waals surface area contributed by atoms with E-state index in [0.29, 0.717) is 12.6 Å². The molecule has 4 rings (SSSR count). The number of likely N-dealkylation sites (N-methyl/N-ethyl adjacent to an activating group) is 1. The first-order valence-corrected chi connectivity index (χ1v) is 10.0. The van der Waals surface area contributed by atoms with Gasteiger partial charge in [-0.2, -0.15) is 0 Å². The van der Waals surface area contributed by atoms with Crippen LogP contribution in [0.4, 0.5) is 5.82 Å². The molecule has 0 radical (unpaired) electrons. The third-order valence-electron chi connectivity index (χ3n) is 6.75. The maximum Gasteiger partial charge on any atom is 0.165 e. The van der Waals surface area contributed by atoms with Crippen LogP contribution in [-0.4, -0.2) is 91.8 Å². The van der Waals surface area contributed by atoms with Gasteiger partial charge in [-0.25, -0.2) is 15.0 Å². The maximum atomic E-state index is 9.55. The smallest absolute Gasteiger partial charge is 0.165 e. The molecule has 0 spiro atoms. The lowest BCUT2D eigenvalue weighted by Crippen LogP contribution is -2.44. The highest BCUT2D eigenvalue weighted by Crippen LogP contribution is 2.48. The van der Waals surface area contributed by atoms with Gasteiger partial charge in [-0.15, -0.1) is 0 Å². The standard InChI is InChI=1S/C19H30N6O3/c1-13-15(23(2)5-6-26)3-4-24(13)17-16-18(21-11-20-17)25(12-22-16)14-7-19(8-14,9-27)10-28/h11-15,26-28H,3-10H2,1-2H3/t13-,15-/m1/s1. The molecule has 2 atom stereocenters.